The Labute approximate surface area is 251 Å². The third-order valence-corrected chi connectivity index (χ3v) is 8.02. The van der Waals surface area contributed by atoms with E-state index in [1.165, 1.54) is 12.2 Å². The Morgan fingerprint density at radius 1 is 1.34 bits per heavy atom. The second kappa shape index (κ2) is 13.1. The van der Waals surface area contributed by atoms with Crippen LogP contribution in [0.5, 0.6) is 0 Å². The number of fused-ring (bicyclic) bond motifs is 1. The number of aromatic nitrogens is 4. The van der Waals surface area contributed by atoms with Gasteiger partial charge in [0.05, 0.1) is 28.0 Å². The van der Waals surface area contributed by atoms with Crippen molar-refractivity contribution in [2.45, 2.75) is 83.0 Å². The van der Waals surface area contributed by atoms with Gasteiger partial charge in [0, 0.05) is 31.4 Å². The van der Waals surface area contributed by atoms with Gasteiger partial charge in [0.25, 0.3) is 5.56 Å². The van der Waals surface area contributed by atoms with E-state index in [4.69, 9.17) is 14.9 Å². The molecule has 0 saturated heterocycles. The highest BCUT2D eigenvalue weighted by Crippen LogP contribution is 2.37. The van der Waals surface area contributed by atoms with E-state index >= 15 is 0 Å². The summed E-state index contributed by atoms with van der Waals surface area (Å²) in [5.74, 6) is -0.216. The summed E-state index contributed by atoms with van der Waals surface area (Å²) >= 11 is 0. The first-order valence-corrected chi connectivity index (χ1v) is 14.7. The molecule has 1 aliphatic heterocycles. The predicted octanol–water partition coefficient (Wildman–Crippen LogP) is 4.10. The minimum atomic E-state index is -1.81. The minimum Gasteiger partial charge on any atom is -0.481 e. The first kappa shape index (κ1) is 31.1. The summed E-state index contributed by atoms with van der Waals surface area (Å²) < 4.78 is 41.2. The van der Waals surface area contributed by atoms with Crippen LogP contribution in [-0.4, -0.2) is 55.4 Å². The number of halogens is 3. The Morgan fingerprint density at radius 3 is 2.89 bits per heavy atom. The van der Waals surface area contributed by atoms with Crippen LogP contribution in [0.25, 0.3) is 12.2 Å². The summed E-state index contributed by atoms with van der Waals surface area (Å²) in [5.41, 5.74) is 0.159. The van der Waals surface area contributed by atoms with Crippen LogP contribution < -0.4 is 16.1 Å². The molecule has 2 N–H and O–H groups in total. The van der Waals surface area contributed by atoms with Crippen molar-refractivity contribution in [2.24, 2.45) is 16.1 Å². The normalized spacial score (nSPS) is 23.7. The number of imidazole rings is 1. The molecule has 2 aliphatic carbocycles. The van der Waals surface area contributed by atoms with Gasteiger partial charge in [0.2, 0.25) is 0 Å². The van der Waals surface area contributed by atoms with E-state index in [0.29, 0.717) is 72.9 Å². The highest BCUT2D eigenvalue weighted by molar-refractivity contribution is 5.92. The first-order valence-electron chi connectivity index (χ1n) is 14.7. The molecule has 0 aromatic carbocycles. The van der Waals surface area contributed by atoms with Gasteiger partial charge in [0.1, 0.15) is 18.3 Å². The Balaban J connectivity index is 1.44. The number of aromatic amines is 1. The number of nitrogens with one attached hydrogen (secondary N) is 1. The number of allylic oxidation sites excluding steroid dienone is 4. The molecule has 4 unspecified atom stereocenters. The molecular formula is C31H35F3N6O4. The van der Waals surface area contributed by atoms with E-state index in [2.05, 4.69) is 20.1 Å². The molecule has 0 fully saturated rings. The fraction of sp³-hybridized carbons (Fsp3) is 0.484. The largest absolute Gasteiger partial charge is 0.481 e. The lowest BCUT2D eigenvalue weighted by molar-refractivity contribution is -0.137. The van der Waals surface area contributed by atoms with Crippen LogP contribution >= 0.6 is 0 Å². The highest BCUT2D eigenvalue weighted by atomic mass is 19.2. The van der Waals surface area contributed by atoms with Crippen LogP contribution in [0.3, 0.4) is 0 Å². The number of unbranched alkanes of at least 4 members (excludes halogenated alkanes) is 1. The van der Waals surface area contributed by atoms with Gasteiger partial charge in [-0.25, -0.2) is 28.1 Å². The number of rotatable bonds is 11. The van der Waals surface area contributed by atoms with Gasteiger partial charge in [-0.15, -0.1) is 0 Å². The van der Waals surface area contributed by atoms with E-state index in [9.17, 15) is 22.8 Å². The zero-order chi connectivity index (χ0) is 31.4. The molecule has 0 saturated carbocycles. The molecule has 2 aromatic rings. The quantitative estimate of drug-likeness (QED) is 0.290. The van der Waals surface area contributed by atoms with E-state index in [1.54, 1.807) is 17.6 Å². The standard InChI is InChI=1S/C31H35F3N6O4/c1-18-28(35-17-21(34)16-32)38-30(36-18)31(2)15-25(39-44-31)19-6-5-7-23-24(14-19)37-26(8-3-4-9-27(41)42)40(29(23)43)22-12-10-20(33)11-13-22/h7,10-12,14,17,19,21-22H,3-6,8-9,13,15-16H2,1-2H3,(H,36,38)(H,41,42). The van der Waals surface area contributed by atoms with Gasteiger partial charge in [-0.3, -0.25) is 14.2 Å². The molecule has 3 aliphatic rings. The number of carboxylic acid groups (broad SMARTS) is 1. The molecule has 44 heavy (non-hydrogen) atoms. The maximum absolute atomic E-state index is 13.9. The number of aryl methyl sites for hydroxylation is 2. The molecule has 0 amide bonds. The molecule has 5 rings (SSSR count). The number of carboxylic acids is 1. The van der Waals surface area contributed by atoms with Crippen molar-refractivity contribution in [2.75, 3.05) is 6.67 Å². The number of hydrogen-bond donors (Lipinski definition) is 2. The fourth-order valence-corrected chi connectivity index (χ4v) is 5.64. The van der Waals surface area contributed by atoms with Crippen LogP contribution in [0.4, 0.5) is 19.0 Å². The summed E-state index contributed by atoms with van der Waals surface area (Å²) in [6, 6.07) is -0.395. The number of hydrogen-bond acceptors (Lipinski definition) is 7. The third kappa shape index (κ3) is 6.76. The zero-order valence-electron chi connectivity index (χ0n) is 24.6. The van der Waals surface area contributed by atoms with Crippen LogP contribution in [0.2, 0.25) is 0 Å². The lowest BCUT2D eigenvalue weighted by Crippen LogP contribution is -2.49. The maximum atomic E-state index is 13.9. The summed E-state index contributed by atoms with van der Waals surface area (Å²) in [6.07, 6.45) is 10.6. The minimum absolute atomic E-state index is 0.0179. The summed E-state index contributed by atoms with van der Waals surface area (Å²) in [6.45, 7) is 2.39. The van der Waals surface area contributed by atoms with Gasteiger partial charge in [-0.05, 0) is 64.2 Å². The van der Waals surface area contributed by atoms with E-state index in [1.807, 2.05) is 19.1 Å². The Bertz CT molecular complexity index is 1730. The lowest BCUT2D eigenvalue weighted by Gasteiger charge is -2.21. The summed E-state index contributed by atoms with van der Waals surface area (Å²) in [5, 5.41) is 14.4. The van der Waals surface area contributed by atoms with Gasteiger partial charge in [0.15, 0.2) is 23.4 Å². The first-order chi connectivity index (χ1) is 21.1. The fourth-order valence-electron chi connectivity index (χ4n) is 5.64. The number of alkyl halides is 2. The number of aliphatic carboxylic acids is 1. The number of oxime groups is 1. The number of carbonyl (C=O) groups is 1. The van der Waals surface area contributed by atoms with Crippen LogP contribution in [0.15, 0.2) is 39.0 Å². The number of nitrogens with zero attached hydrogens (tertiary/aromatic N) is 5. The van der Waals surface area contributed by atoms with Crippen molar-refractivity contribution in [3.63, 3.8) is 0 Å². The lowest BCUT2D eigenvalue weighted by atomic mass is 9.89. The van der Waals surface area contributed by atoms with Crippen molar-refractivity contribution in [1.29, 1.82) is 0 Å². The van der Waals surface area contributed by atoms with E-state index in [0.717, 1.165) is 11.9 Å². The van der Waals surface area contributed by atoms with Gasteiger partial charge in [-0.1, -0.05) is 17.3 Å². The average Bonchev–Trinajstić information content (AvgIpc) is 3.51. The zero-order valence-corrected chi connectivity index (χ0v) is 24.6. The van der Waals surface area contributed by atoms with E-state index < -0.39 is 30.5 Å². The Morgan fingerprint density at radius 2 is 2.16 bits per heavy atom. The summed E-state index contributed by atoms with van der Waals surface area (Å²) in [4.78, 5) is 47.2. The van der Waals surface area contributed by atoms with Crippen molar-refractivity contribution >= 4 is 35.9 Å². The molecule has 4 atom stereocenters. The van der Waals surface area contributed by atoms with Crippen LogP contribution in [0, 0.1) is 12.8 Å². The highest BCUT2D eigenvalue weighted by Gasteiger charge is 2.41. The van der Waals surface area contributed by atoms with Crippen molar-refractivity contribution < 1.29 is 27.9 Å². The van der Waals surface area contributed by atoms with Crippen molar-refractivity contribution in [3.05, 3.63) is 62.3 Å². The van der Waals surface area contributed by atoms with Gasteiger partial charge >= 0.3 is 5.97 Å². The molecule has 3 heterocycles. The topological polar surface area (TPSA) is 135 Å². The molecule has 2 aromatic heterocycles. The molecule has 0 spiro atoms. The second-order valence-electron chi connectivity index (χ2n) is 11.5. The van der Waals surface area contributed by atoms with E-state index in [-0.39, 0.29) is 29.5 Å². The predicted molar refractivity (Wildman–Crippen MR) is 159 cm³/mol. The van der Waals surface area contributed by atoms with Crippen molar-refractivity contribution in [3.8, 4) is 0 Å². The molecular weight excluding hydrogens is 577 g/mol. The molecule has 0 radical (unpaired) electrons. The number of H-pyrrole nitrogens is 1. The average molecular weight is 613 g/mol. The molecule has 0 bridgehead atoms. The number of aliphatic imine (C=N–C) groups is 1. The molecule has 234 valence electrons. The molecule has 13 heteroatoms. The second-order valence-corrected chi connectivity index (χ2v) is 11.5. The Hall–Kier alpha value is -4.29. The Kier molecular flexibility index (Phi) is 9.31. The van der Waals surface area contributed by atoms with Crippen LogP contribution in [0.1, 0.15) is 75.3 Å². The summed E-state index contributed by atoms with van der Waals surface area (Å²) in [7, 11) is 0. The molecule has 10 nitrogen and oxygen atoms in total. The van der Waals surface area contributed by atoms with Gasteiger partial charge < -0.3 is 14.9 Å². The maximum Gasteiger partial charge on any atom is 0.303 e. The van der Waals surface area contributed by atoms with Gasteiger partial charge in [-0.2, -0.15) is 0 Å². The van der Waals surface area contributed by atoms with Crippen molar-refractivity contribution in [1.82, 2.24) is 19.5 Å². The smallest absolute Gasteiger partial charge is 0.303 e. The van der Waals surface area contributed by atoms with Crippen LogP contribution in [-0.2, 0) is 21.7 Å². The third-order valence-electron chi connectivity index (χ3n) is 8.02. The monoisotopic (exact) mass is 612 g/mol. The SMILES string of the molecule is Cc1[nH]c(C2(C)CC(C3C=c4nc(CCCCC(=O)O)n(C5C=CC(F)=CC5)c(=O)c4=CCC3)=NO2)nc1N=CC(F)CF.